The molecule has 136 valence electrons. The third-order valence-corrected chi connectivity index (χ3v) is 5.52. The fourth-order valence-electron chi connectivity index (χ4n) is 2.84. The number of H-pyrrole nitrogens is 1. The molecule has 0 amide bonds. The highest BCUT2D eigenvalue weighted by Gasteiger charge is 2.08. The van der Waals surface area contributed by atoms with Gasteiger partial charge in [0.25, 0.3) is 0 Å². The Kier molecular flexibility index (Phi) is 5.21. The molecule has 0 aliphatic rings. The van der Waals surface area contributed by atoms with Crippen molar-refractivity contribution in [2.45, 2.75) is 16.7 Å². The number of hydrogen-bond donors (Lipinski definition) is 1. The lowest BCUT2D eigenvalue weighted by Gasteiger charge is -2.03. The van der Waals surface area contributed by atoms with Crippen LogP contribution in [0.4, 0.5) is 0 Å². The molecule has 0 aliphatic heterocycles. The van der Waals surface area contributed by atoms with E-state index in [9.17, 15) is 5.26 Å². The quantitative estimate of drug-likeness (QED) is 0.385. The Bertz CT molecular complexity index is 1200. The van der Waals surface area contributed by atoms with Crippen molar-refractivity contribution in [3.8, 4) is 6.07 Å². The van der Waals surface area contributed by atoms with Crippen molar-refractivity contribution in [3.63, 3.8) is 0 Å². The summed E-state index contributed by atoms with van der Waals surface area (Å²) < 4.78 is 0. The molecule has 1 heterocycles. The van der Waals surface area contributed by atoms with Crippen LogP contribution in [0.1, 0.15) is 17.0 Å². The van der Waals surface area contributed by atoms with Crippen molar-refractivity contribution in [2.75, 3.05) is 0 Å². The van der Waals surface area contributed by atoms with Crippen molar-refractivity contribution >= 4 is 46.0 Å². The van der Waals surface area contributed by atoms with Gasteiger partial charge in [-0.05, 0) is 72.7 Å². The number of fused-ring (bicyclic) bond motifs is 1. The van der Waals surface area contributed by atoms with E-state index in [0.29, 0.717) is 11.4 Å². The Morgan fingerprint density at radius 1 is 1.04 bits per heavy atom. The van der Waals surface area contributed by atoms with E-state index in [1.807, 2.05) is 79.7 Å². The normalized spacial score (nSPS) is 11.5. The van der Waals surface area contributed by atoms with E-state index < -0.39 is 0 Å². The summed E-state index contributed by atoms with van der Waals surface area (Å²) in [5.74, 6) is 0.586. The van der Waals surface area contributed by atoms with Crippen LogP contribution >= 0.6 is 23.4 Å². The number of aromatic amines is 1. The van der Waals surface area contributed by atoms with Crippen LogP contribution < -0.4 is 0 Å². The highest BCUT2D eigenvalue weighted by Crippen LogP contribution is 2.29. The molecule has 3 nitrogen and oxygen atoms in total. The third kappa shape index (κ3) is 4.12. The molecule has 3 aromatic carbocycles. The second-order valence-electron chi connectivity index (χ2n) is 6.40. The lowest BCUT2D eigenvalue weighted by Crippen LogP contribution is -1.85. The van der Waals surface area contributed by atoms with Crippen molar-refractivity contribution in [1.29, 1.82) is 5.26 Å². The summed E-state index contributed by atoms with van der Waals surface area (Å²) in [5.41, 5.74) is 4.40. The number of rotatable bonds is 4. The standard InChI is InChI=1S/C23H16ClN3S/c1-15-2-11-21-22(12-15)27-23(26-21)17(14-25)13-16-3-7-19(8-4-16)28-20-9-5-18(24)6-10-20/h2-13H,1H3,(H,26,27)/b17-13-. The molecule has 4 aromatic rings. The zero-order valence-electron chi connectivity index (χ0n) is 15.1. The van der Waals surface area contributed by atoms with Crippen LogP contribution in [0.2, 0.25) is 5.02 Å². The molecule has 28 heavy (non-hydrogen) atoms. The lowest BCUT2D eigenvalue weighted by molar-refractivity contribution is 1.27. The minimum Gasteiger partial charge on any atom is -0.337 e. The van der Waals surface area contributed by atoms with Crippen LogP contribution in [0.3, 0.4) is 0 Å². The van der Waals surface area contributed by atoms with Gasteiger partial charge < -0.3 is 4.98 Å². The van der Waals surface area contributed by atoms with Crippen LogP contribution in [-0.4, -0.2) is 9.97 Å². The number of nitrogens with one attached hydrogen (secondary N) is 1. The average molecular weight is 402 g/mol. The van der Waals surface area contributed by atoms with E-state index in [-0.39, 0.29) is 0 Å². The molecule has 0 atom stereocenters. The Hall–Kier alpha value is -3.00. The Balaban J connectivity index is 1.57. The molecule has 0 unspecified atom stereocenters. The first-order valence-corrected chi connectivity index (χ1v) is 9.92. The summed E-state index contributed by atoms with van der Waals surface area (Å²) in [6.07, 6.45) is 1.85. The van der Waals surface area contributed by atoms with Crippen molar-refractivity contribution < 1.29 is 0 Å². The van der Waals surface area contributed by atoms with Gasteiger partial charge >= 0.3 is 0 Å². The smallest absolute Gasteiger partial charge is 0.149 e. The number of nitriles is 1. The highest BCUT2D eigenvalue weighted by atomic mass is 35.5. The van der Waals surface area contributed by atoms with E-state index in [1.54, 1.807) is 11.8 Å². The zero-order chi connectivity index (χ0) is 19.5. The maximum absolute atomic E-state index is 9.60. The molecule has 0 aliphatic carbocycles. The maximum atomic E-state index is 9.60. The first-order valence-electron chi connectivity index (χ1n) is 8.73. The summed E-state index contributed by atoms with van der Waals surface area (Å²) in [7, 11) is 0. The Labute approximate surface area is 172 Å². The minimum absolute atomic E-state index is 0.506. The van der Waals surface area contributed by atoms with Crippen molar-refractivity contribution in [1.82, 2.24) is 9.97 Å². The number of aromatic nitrogens is 2. The monoisotopic (exact) mass is 401 g/mol. The topological polar surface area (TPSA) is 52.5 Å². The number of imidazole rings is 1. The first-order chi connectivity index (χ1) is 13.6. The molecule has 0 fully saturated rings. The largest absolute Gasteiger partial charge is 0.337 e. The second-order valence-corrected chi connectivity index (χ2v) is 7.98. The van der Waals surface area contributed by atoms with E-state index in [2.05, 4.69) is 16.0 Å². The van der Waals surface area contributed by atoms with Crippen LogP contribution in [0, 0.1) is 18.3 Å². The molecule has 0 saturated carbocycles. The van der Waals surface area contributed by atoms with Gasteiger partial charge in [-0.15, -0.1) is 0 Å². The van der Waals surface area contributed by atoms with E-state index in [1.165, 1.54) is 0 Å². The predicted molar refractivity (Wildman–Crippen MR) is 116 cm³/mol. The van der Waals surface area contributed by atoms with Crippen LogP contribution in [0.5, 0.6) is 0 Å². The minimum atomic E-state index is 0.506. The number of allylic oxidation sites excluding steroid dienone is 1. The molecular formula is C23H16ClN3S. The summed E-state index contributed by atoms with van der Waals surface area (Å²) in [6, 6.07) is 24.1. The van der Waals surface area contributed by atoms with Gasteiger partial charge in [0.15, 0.2) is 0 Å². The van der Waals surface area contributed by atoms with E-state index >= 15 is 0 Å². The van der Waals surface area contributed by atoms with Gasteiger partial charge in [-0.25, -0.2) is 4.98 Å². The lowest BCUT2D eigenvalue weighted by atomic mass is 10.1. The van der Waals surface area contributed by atoms with E-state index in [0.717, 1.165) is 37.0 Å². The SMILES string of the molecule is Cc1ccc2nc(/C(C#N)=C\c3ccc(Sc4ccc(Cl)cc4)cc3)[nH]c2c1. The van der Waals surface area contributed by atoms with Crippen LogP contribution in [0.15, 0.2) is 76.5 Å². The molecule has 0 spiro atoms. The zero-order valence-corrected chi connectivity index (χ0v) is 16.7. The number of nitrogens with zero attached hydrogens (tertiary/aromatic N) is 2. The number of aryl methyl sites for hydroxylation is 1. The van der Waals surface area contributed by atoms with Gasteiger partial charge in [0.05, 0.1) is 16.6 Å². The van der Waals surface area contributed by atoms with Crippen LogP contribution in [0.25, 0.3) is 22.7 Å². The molecule has 1 N–H and O–H groups in total. The molecule has 0 bridgehead atoms. The molecule has 4 rings (SSSR count). The molecule has 5 heteroatoms. The molecule has 1 aromatic heterocycles. The highest BCUT2D eigenvalue weighted by molar-refractivity contribution is 7.99. The van der Waals surface area contributed by atoms with Gasteiger partial charge in [-0.2, -0.15) is 5.26 Å². The van der Waals surface area contributed by atoms with Gasteiger partial charge in [-0.3, -0.25) is 0 Å². The van der Waals surface area contributed by atoms with Crippen molar-refractivity contribution in [2.24, 2.45) is 0 Å². The molecule has 0 saturated heterocycles. The van der Waals surface area contributed by atoms with Gasteiger partial charge in [0.2, 0.25) is 0 Å². The summed E-state index contributed by atoms with van der Waals surface area (Å²) in [4.78, 5) is 10.0. The molecular weight excluding hydrogens is 386 g/mol. The van der Waals surface area contributed by atoms with Gasteiger partial charge in [-0.1, -0.05) is 41.6 Å². The van der Waals surface area contributed by atoms with Gasteiger partial charge in [0.1, 0.15) is 11.9 Å². The number of hydrogen-bond acceptors (Lipinski definition) is 3. The third-order valence-electron chi connectivity index (χ3n) is 4.25. The van der Waals surface area contributed by atoms with Crippen LogP contribution in [-0.2, 0) is 0 Å². The fraction of sp³-hybridized carbons (Fsp3) is 0.0435. The van der Waals surface area contributed by atoms with Crippen molar-refractivity contribution in [3.05, 3.63) is 88.7 Å². The summed E-state index contributed by atoms with van der Waals surface area (Å²) in [6.45, 7) is 2.03. The number of halogens is 1. The molecule has 0 radical (unpaired) electrons. The summed E-state index contributed by atoms with van der Waals surface area (Å²) in [5, 5.41) is 10.3. The predicted octanol–water partition coefficient (Wildman–Crippen LogP) is 6.74. The van der Waals surface area contributed by atoms with E-state index in [4.69, 9.17) is 11.6 Å². The maximum Gasteiger partial charge on any atom is 0.149 e. The summed E-state index contributed by atoms with van der Waals surface area (Å²) >= 11 is 7.60. The fourth-order valence-corrected chi connectivity index (χ4v) is 3.78. The Morgan fingerprint density at radius 2 is 1.71 bits per heavy atom. The average Bonchev–Trinajstić information content (AvgIpc) is 3.12. The number of benzene rings is 3. The first kappa shape index (κ1) is 18.4. The Morgan fingerprint density at radius 3 is 2.39 bits per heavy atom. The van der Waals surface area contributed by atoms with Gasteiger partial charge in [0, 0.05) is 14.8 Å². The second kappa shape index (κ2) is 7.93.